The molecule has 1 fully saturated rings. The van der Waals surface area contributed by atoms with Crippen molar-refractivity contribution in [2.75, 3.05) is 7.11 Å². The van der Waals surface area contributed by atoms with Gasteiger partial charge in [0, 0.05) is 19.2 Å². The molecule has 1 saturated heterocycles. The van der Waals surface area contributed by atoms with E-state index in [1.54, 1.807) is 7.11 Å². The third kappa shape index (κ3) is 1.78. The summed E-state index contributed by atoms with van der Waals surface area (Å²) in [6.45, 7) is 1.96. The van der Waals surface area contributed by atoms with Crippen molar-refractivity contribution in [1.29, 1.82) is 5.26 Å². The summed E-state index contributed by atoms with van der Waals surface area (Å²) in [4.78, 5) is 4.56. The number of benzene rings is 1. The monoisotopic (exact) mass is 270 g/mol. The molecule has 0 amide bonds. The molecular weight excluding hydrogens is 252 g/mol. The van der Waals surface area contributed by atoms with Crippen LogP contribution in [-0.4, -0.2) is 18.7 Å². The van der Waals surface area contributed by atoms with Crippen LogP contribution in [0.25, 0.3) is 0 Å². The molecule has 3 rings (SSSR count). The SMILES string of the molecule is COC12N=C(C)CCC1(C#N)CC(c1ccccc1)O2. The molecule has 2 heterocycles. The molecule has 0 aliphatic carbocycles. The summed E-state index contributed by atoms with van der Waals surface area (Å²) in [5.74, 6) is -1.15. The lowest BCUT2D eigenvalue weighted by Gasteiger charge is -2.38. The first-order valence-corrected chi connectivity index (χ1v) is 6.89. The number of fused-ring (bicyclic) bond motifs is 1. The molecular formula is C16H18N2O2. The molecule has 1 aromatic rings. The molecule has 104 valence electrons. The molecule has 20 heavy (non-hydrogen) atoms. The smallest absolute Gasteiger partial charge is 0.289 e. The predicted octanol–water partition coefficient (Wildman–Crippen LogP) is 3.21. The highest BCUT2D eigenvalue weighted by atomic mass is 16.7. The number of nitrogens with zero attached hydrogens (tertiary/aromatic N) is 2. The van der Waals surface area contributed by atoms with Crippen molar-refractivity contribution in [3.8, 4) is 6.07 Å². The Morgan fingerprint density at radius 3 is 2.80 bits per heavy atom. The van der Waals surface area contributed by atoms with Crippen LogP contribution < -0.4 is 0 Å². The first-order chi connectivity index (χ1) is 9.65. The average Bonchev–Trinajstić information content (AvgIpc) is 2.84. The van der Waals surface area contributed by atoms with Gasteiger partial charge in [0.05, 0.1) is 12.2 Å². The molecule has 3 unspecified atom stereocenters. The van der Waals surface area contributed by atoms with Crippen molar-refractivity contribution in [3.63, 3.8) is 0 Å². The van der Waals surface area contributed by atoms with E-state index in [0.29, 0.717) is 6.42 Å². The van der Waals surface area contributed by atoms with Gasteiger partial charge in [-0.2, -0.15) is 5.26 Å². The molecule has 1 aromatic carbocycles. The maximum absolute atomic E-state index is 9.72. The highest BCUT2D eigenvalue weighted by Gasteiger charge is 2.63. The molecule has 0 spiro atoms. The highest BCUT2D eigenvalue weighted by Crippen LogP contribution is 2.57. The second kappa shape index (κ2) is 4.69. The first-order valence-electron chi connectivity index (χ1n) is 6.89. The fraction of sp³-hybridized carbons (Fsp3) is 0.500. The molecule has 0 aromatic heterocycles. The quantitative estimate of drug-likeness (QED) is 0.829. The number of hydrogen-bond acceptors (Lipinski definition) is 4. The van der Waals surface area contributed by atoms with E-state index in [2.05, 4.69) is 11.1 Å². The minimum Gasteiger partial charge on any atom is -0.334 e. The number of aliphatic imine (C=N–C) groups is 1. The van der Waals surface area contributed by atoms with Gasteiger partial charge in [-0.1, -0.05) is 30.3 Å². The van der Waals surface area contributed by atoms with Crippen LogP contribution in [0.1, 0.15) is 37.9 Å². The number of rotatable bonds is 2. The Bertz CT molecular complexity index is 578. The molecule has 2 aliphatic heterocycles. The summed E-state index contributed by atoms with van der Waals surface area (Å²) >= 11 is 0. The molecule has 0 radical (unpaired) electrons. The van der Waals surface area contributed by atoms with Crippen LogP contribution in [0.2, 0.25) is 0 Å². The number of hydrogen-bond donors (Lipinski definition) is 0. The van der Waals surface area contributed by atoms with Crippen molar-refractivity contribution in [1.82, 2.24) is 0 Å². The van der Waals surface area contributed by atoms with Crippen LogP contribution in [0.3, 0.4) is 0 Å². The van der Waals surface area contributed by atoms with E-state index in [4.69, 9.17) is 9.47 Å². The van der Waals surface area contributed by atoms with Crippen molar-refractivity contribution in [2.45, 2.75) is 38.2 Å². The van der Waals surface area contributed by atoms with E-state index in [0.717, 1.165) is 24.1 Å². The van der Waals surface area contributed by atoms with Gasteiger partial charge < -0.3 is 9.47 Å². The van der Waals surface area contributed by atoms with Gasteiger partial charge >= 0.3 is 0 Å². The van der Waals surface area contributed by atoms with E-state index < -0.39 is 11.3 Å². The average molecular weight is 270 g/mol. The van der Waals surface area contributed by atoms with Gasteiger partial charge in [0.15, 0.2) is 0 Å². The lowest BCUT2D eigenvalue weighted by molar-refractivity contribution is -0.244. The van der Waals surface area contributed by atoms with Crippen LogP contribution >= 0.6 is 0 Å². The Morgan fingerprint density at radius 1 is 1.40 bits per heavy atom. The molecule has 0 N–H and O–H groups in total. The Balaban J connectivity index is 2.03. The largest absolute Gasteiger partial charge is 0.334 e. The molecule has 0 saturated carbocycles. The molecule has 4 nitrogen and oxygen atoms in total. The molecule has 3 atom stereocenters. The van der Waals surface area contributed by atoms with Gasteiger partial charge in [0.1, 0.15) is 5.41 Å². The van der Waals surface area contributed by atoms with Crippen molar-refractivity contribution in [3.05, 3.63) is 35.9 Å². The Morgan fingerprint density at radius 2 is 2.15 bits per heavy atom. The van der Waals surface area contributed by atoms with E-state index >= 15 is 0 Å². The Kier molecular flexibility index (Phi) is 3.12. The van der Waals surface area contributed by atoms with E-state index in [-0.39, 0.29) is 6.10 Å². The van der Waals surface area contributed by atoms with Crippen molar-refractivity contribution in [2.24, 2.45) is 10.4 Å². The number of ether oxygens (including phenoxy) is 2. The lowest BCUT2D eigenvalue weighted by atomic mass is 9.75. The minimum atomic E-state index is -1.15. The summed E-state index contributed by atoms with van der Waals surface area (Å²) in [5.41, 5.74) is 1.36. The van der Waals surface area contributed by atoms with Crippen LogP contribution in [-0.2, 0) is 9.47 Å². The molecule has 2 aliphatic rings. The van der Waals surface area contributed by atoms with Gasteiger partial charge in [0.25, 0.3) is 5.91 Å². The van der Waals surface area contributed by atoms with E-state index in [1.165, 1.54) is 0 Å². The van der Waals surface area contributed by atoms with Crippen LogP contribution in [0.5, 0.6) is 0 Å². The maximum atomic E-state index is 9.72. The van der Waals surface area contributed by atoms with Gasteiger partial charge in [-0.15, -0.1) is 0 Å². The van der Waals surface area contributed by atoms with Crippen LogP contribution in [0, 0.1) is 16.7 Å². The second-order valence-electron chi connectivity index (χ2n) is 5.55. The first kappa shape index (κ1) is 13.3. The number of nitriles is 1. The third-order valence-electron chi connectivity index (χ3n) is 4.35. The highest BCUT2D eigenvalue weighted by molar-refractivity contribution is 5.83. The zero-order chi connectivity index (χ0) is 14.2. The Hall–Kier alpha value is -1.70. The zero-order valence-corrected chi connectivity index (χ0v) is 11.8. The fourth-order valence-corrected chi connectivity index (χ4v) is 3.20. The van der Waals surface area contributed by atoms with Gasteiger partial charge in [-0.25, -0.2) is 4.99 Å². The van der Waals surface area contributed by atoms with Crippen molar-refractivity contribution < 1.29 is 9.47 Å². The molecule has 4 heteroatoms. The topological polar surface area (TPSA) is 54.6 Å². The van der Waals surface area contributed by atoms with Crippen LogP contribution in [0.4, 0.5) is 0 Å². The minimum absolute atomic E-state index is 0.148. The fourth-order valence-electron chi connectivity index (χ4n) is 3.20. The normalized spacial score (nSPS) is 36.0. The summed E-state index contributed by atoms with van der Waals surface area (Å²) < 4.78 is 11.7. The lowest BCUT2D eigenvalue weighted by Crippen LogP contribution is -2.47. The molecule has 0 bridgehead atoms. The van der Waals surface area contributed by atoms with Gasteiger partial charge in [-0.3, -0.25) is 0 Å². The second-order valence-corrected chi connectivity index (χ2v) is 5.55. The third-order valence-corrected chi connectivity index (χ3v) is 4.35. The number of methoxy groups -OCH3 is 1. The van der Waals surface area contributed by atoms with E-state index in [9.17, 15) is 5.26 Å². The van der Waals surface area contributed by atoms with Crippen LogP contribution in [0.15, 0.2) is 35.3 Å². The van der Waals surface area contributed by atoms with Crippen molar-refractivity contribution >= 4 is 5.71 Å². The zero-order valence-electron chi connectivity index (χ0n) is 11.8. The summed E-state index contributed by atoms with van der Waals surface area (Å²) in [6.07, 6.45) is 2.03. The summed E-state index contributed by atoms with van der Waals surface area (Å²) in [6, 6.07) is 12.4. The van der Waals surface area contributed by atoms with Gasteiger partial charge in [0.2, 0.25) is 0 Å². The summed E-state index contributed by atoms with van der Waals surface area (Å²) in [7, 11) is 1.57. The summed E-state index contributed by atoms with van der Waals surface area (Å²) in [5, 5.41) is 9.72. The standard InChI is InChI=1S/C16H18N2O2/c1-12-8-9-15(11-17)10-14(13-6-4-3-5-7-13)20-16(15,18-12)19-2/h3-7,14H,8-10H2,1-2H3. The van der Waals surface area contributed by atoms with E-state index in [1.807, 2.05) is 37.3 Å². The maximum Gasteiger partial charge on any atom is 0.289 e. The van der Waals surface area contributed by atoms with Gasteiger partial charge in [-0.05, 0) is 25.3 Å². The predicted molar refractivity (Wildman–Crippen MR) is 75.0 cm³/mol. The Labute approximate surface area is 119 Å².